The van der Waals surface area contributed by atoms with E-state index >= 15 is 0 Å². The lowest BCUT2D eigenvalue weighted by Crippen LogP contribution is -2.41. The summed E-state index contributed by atoms with van der Waals surface area (Å²) in [6.45, 7) is 3.94. The summed E-state index contributed by atoms with van der Waals surface area (Å²) in [5, 5.41) is 5.60. The highest BCUT2D eigenvalue weighted by molar-refractivity contribution is 6.08. The molecule has 0 radical (unpaired) electrons. The molecule has 7 heteroatoms. The summed E-state index contributed by atoms with van der Waals surface area (Å²) in [6.07, 6.45) is 1.61. The molecule has 0 N–H and O–H groups in total. The van der Waals surface area contributed by atoms with Crippen molar-refractivity contribution in [2.24, 2.45) is 16.9 Å². The zero-order chi connectivity index (χ0) is 27.7. The van der Waals surface area contributed by atoms with Gasteiger partial charge < -0.3 is 9.30 Å². The Bertz CT molecular complexity index is 1630. The summed E-state index contributed by atoms with van der Waals surface area (Å²) in [5.41, 5.74) is 8.59. The summed E-state index contributed by atoms with van der Waals surface area (Å²) >= 11 is 0. The fourth-order valence-corrected chi connectivity index (χ4v) is 7.08. The van der Waals surface area contributed by atoms with Crippen molar-refractivity contribution in [1.29, 1.82) is 0 Å². The normalized spacial score (nSPS) is 22.4. The van der Waals surface area contributed by atoms with Crippen LogP contribution in [0.4, 0.5) is 0 Å². The lowest BCUT2D eigenvalue weighted by molar-refractivity contribution is -0.139. The number of hydrogen-bond donors (Lipinski definition) is 0. The molecule has 4 aliphatic rings. The van der Waals surface area contributed by atoms with Crippen molar-refractivity contribution in [3.8, 4) is 5.69 Å². The lowest BCUT2D eigenvalue weighted by atomic mass is 9.55. The second-order valence-corrected chi connectivity index (χ2v) is 10.7. The van der Waals surface area contributed by atoms with Crippen LogP contribution in [0.3, 0.4) is 0 Å². The zero-order valence-electron chi connectivity index (χ0n) is 22.4. The Hall–Kier alpha value is -4.78. The number of ether oxygens (including phenoxy) is 1. The molecule has 7 nitrogen and oxygen atoms in total. The molecule has 0 saturated carbocycles. The third kappa shape index (κ3) is 3.30. The molecule has 1 saturated heterocycles. The standard InChI is InChI=1S/C33H27N3O4/c1-18-16-21(19(2)35(18)22-14-12-20(13-15-22)33(39)40-3)17-34-36-31(37)29-27-23-8-4-5-9-24(23)28(30(29)32(36)38)26-11-7-6-10-25(26)27/h4-17,27-30H,1-3H3/b34-17-/t27?,28?,29-,30-/m0/s1. The van der Waals surface area contributed by atoms with Crippen LogP contribution in [0.15, 0.2) is 84.0 Å². The van der Waals surface area contributed by atoms with Crippen LogP contribution < -0.4 is 0 Å². The molecular formula is C33H27N3O4. The van der Waals surface area contributed by atoms with Gasteiger partial charge in [-0.25, -0.2) is 4.79 Å². The maximum atomic E-state index is 13.8. The minimum Gasteiger partial charge on any atom is -0.465 e. The zero-order valence-corrected chi connectivity index (χ0v) is 22.4. The van der Waals surface area contributed by atoms with E-state index in [1.54, 1.807) is 18.3 Å². The van der Waals surface area contributed by atoms with Gasteiger partial charge in [0, 0.05) is 34.5 Å². The van der Waals surface area contributed by atoms with Gasteiger partial charge in [-0.3, -0.25) is 9.59 Å². The molecule has 0 spiro atoms. The van der Waals surface area contributed by atoms with Crippen LogP contribution in [0, 0.1) is 25.7 Å². The maximum absolute atomic E-state index is 13.8. The molecule has 198 valence electrons. The molecule has 8 rings (SSSR count). The van der Waals surface area contributed by atoms with E-state index < -0.39 is 11.8 Å². The van der Waals surface area contributed by atoms with E-state index in [9.17, 15) is 14.4 Å². The number of imide groups is 1. The van der Waals surface area contributed by atoms with E-state index in [-0.39, 0.29) is 29.6 Å². The summed E-state index contributed by atoms with van der Waals surface area (Å²) in [4.78, 5) is 39.5. The van der Waals surface area contributed by atoms with Crippen molar-refractivity contribution in [3.63, 3.8) is 0 Å². The van der Waals surface area contributed by atoms with E-state index in [1.165, 1.54) is 7.11 Å². The monoisotopic (exact) mass is 529 g/mol. The molecule has 1 fully saturated rings. The number of aromatic nitrogens is 1. The molecule has 2 amide bonds. The summed E-state index contributed by atoms with van der Waals surface area (Å²) in [5.74, 6) is -2.09. The maximum Gasteiger partial charge on any atom is 0.337 e. The highest BCUT2D eigenvalue weighted by Crippen LogP contribution is 2.60. The van der Waals surface area contributed by atoms with Gasteiger partial charge in [-0.05, 0) is 66.4 Å². The first-order chi connectivity index (χ1) is 19.4. The van der Waals surface area contributed by atoms with Crippen molar-refractivity contribution in [2.75, 3.05) is 7.11 Å². The molecule has 3 aromatic carbocycles. The molecule has 1 aliphatic heterocycles. The minimum atomic E-state index is -0.458. The van der Waals surface area contributed by atoms with Crippen LogP contribution in [0.25, 0.3) is 5.69 Å². The van der Waals surface area contributed by atoms with Gasteiger partial charge in [-0.15, -0.1) is 0 Å². The molecule has 3 aliphatic carbocycles. The van der Waals surface area contributed by atoms with Crippen LogP contribution in [-0.2, 0) is 14.3 Å². The second kappa shape index (κ2) is 8.88. The number of esters is 1. The SMILES string of the molecule is COC(=O)c1ccc(-n2c(C)cc(/C=N\N3C(=O)[C@H]4C5c6ccccc6C(c6ccccc65)[C@@H]4C3=O)c2C)cc1. The van der Waals surface area contributed by atoms with Crippen molar-refractivity contribution < 1.29 is 19.1 Å². The Morgan fingerprint density at radius 2 is 1.30 bits per heavy atom. The third-order valence-corrected chi connectivity index (χ3v) is 8.75. The molecule has 2 bridgehead atoms. The fraction of sp³-hybridized carbons (Fsp3) is 0.212. The Kier molecular flexibility index (Phi) is 5.39. The van der Waals surface area contributed by atoms with Gasteiger partial charge in [0.25, 0.3) is 11.8 Å². The first-order valence-corrected chi connectivity index (χ1v) is 13.4. The molecule has 1 aromatic heterocycles. The molecule has 2 heterocycles. The van der Waals surface area contributed by atoms with Crippen LogP contribution >= 0.6 is 0 Å². The second-order valence-electron chi connectivity index (χ2n) is 10.7. The summed E-state index contributed by atoms with van der Waals surface area (Å²) in [6, 6.07) is 25.5. The van der Waals surface area contributed by atoms with E-state index in [0.717, 1.165) is 49.9 Å². The van der Waals surface area contributed by atoms with Gasteiger partial charge in [0.1, 0.15) is 0 Å². The van der Waals surface area contributed by atoms with Gasteiger partial charge in [-0.1, -0.05) is 48.5 Å². The van der Waals surface area contributed by atoms with Crippen LogP contribution in [-0.4, -0.2) is 40.7 Å². The first kappa shape index (κ1) is 24.3. The predicted molar refractivity (Wildman–Crippen MR) is 150 cm³/mol. The molecule has 4 aromatic rings. The number of amides is 2. The predicted octanol–water partition coefficient (Wildman–Crippen LogP) is 5.11. The molecular weight excluding hydrogens is 502 g/mol. The van der Waals surface area contributed by atoms with E-state index in [2.05, 4.69) is 29.4 Å². The number of carbonyl (C=O) groups is 3. The lowest BCUT2D eigenvalue weighted by Gasteiger charge is -2.45. The molecule has 2 atom stereocenters. The number of rotatable bonds is 4. The van der Waals surface area contributed by atoms with Gasteiger partial charge in [0.15, 0.2) is 0 Å². The third-order valence-electron chi connectivity index (χ3n) is 8.75. The van der Waals surface area contributed by atoms with Gasteiger partial charge in [0.05, 0.1) is 30.7 Å². The summed E-state index contributed by atoms with van der Waals surface area (Å²) < 4.78 is 6.84. The highest BCUT2D eigenvalue weighted by atomic mass is 16.5. The van der Waals surface area contributed by atoms with Gasteiger partial charge >= 0.3 is 5.97 Å². The first-order valence-electron chi connectivity index (χ1n) is 13.4. The van der Waals surface area contributed by atoms with Gasteiger partial charge in [-0.2, -0.15) is 10.1 Å². The van der Waals surface area contributed by atoms with Crippen LogP contribution in [0.2, 0.25) is 0 Å². The van der Waals surface area contributed by atoms with E-state index in [1.807, 2.05) is 60.9 Å². The highest BCUT2D eigenvalue weighted by Gasteiger charge is 2.61. The Morgan fingerprint density at radius 3 is 1.77 bits per heavy atom. The number of methoxy groups -OCH3 is 1. The Labute approximate surface area is 231 Å². The molecule has 40 heavy (non-hydrogen) atoms. The average Bonchev–Trinajstić information content (AvgIpc) is 3.42. The van der Waals surface area contributed by atoms with Crippen molar-refractivity contribution in [2.45, 2.75) is 25.7 Å². The van der Waals surface area contributed by atoms with Crippen molar-refractivity contribution >= 4 is 24.0 Å². The topological polar surface area (TPSA) is 81.0 Å². The number of aryl methyl sites for hydroxylation is 1. The Balaban J connectivity index is 1.22. The fourth-order valence-electron chi connectivity index (χ4n) is 7.08. The van der Waals surface area contributed by atoms with Crippen LogP contribution in [0.5, 0.6) is 0 Å². The smallest absolute Gasteiger partial charge is 0.337 e. The minimum absolute atomic E-state index is 0.155. The molecule has 0 unspecified atom stereocenters. The number of carbonyl (C=O) groups excluding carboxylic acids is 3. The number of hydrogen-bond acceptors (Lipinski definition) is 5. The van der Waals surface area contributed by atoms with Crippen molar-refractivity contribution in [1.82, 2.24) is 9.58 Å². The van der Waals surface area contributed by atoms with Crippen LogP contribution in [0.1, 0.15) is 61.4 Å². The Morgan fingerprint density at radius 1 is 0.800 bits per heavy atom. The van der Waals surface area contributed by atoms with E-state index in [4.69, 9.17) is 4.74 Å². The van der Waals surface area contributed by atoms with Gasteiger partial charge in [0.2, 0.25) is 0 Å². The number of nitrogens with zero attached hydrogens (tertiary/aromatic N) is 3. The average molecular weight is 530 g/mol. The number of benzene rings is 3. The quantitative estimate of drug-likeness (QED) is 0.209. The van der Waals surface area contributed by atoms with Crippen molar-refractivity contribution in [3.05, 3.63) is 124 Å². The summed E-state index contributed by atoms with van der Waals surface area (Å²) in [7, 11) is 1.36. The number of hydrazone groups is 1. The largest absolute Gasteiger partial charge is 0.465 e. The van der Waals surface area contributed by atoms with E-state index in [0.29, 0.717) is 5.56 Å².